The SMILES string of the molecule is O=C(Cc1csc(Cc2ccccc2)n1)NC1CCCCC1O. The van der Waals surface area contributed by atoms with Crippen LogP contribution in [0.3, 0.4) is 0 Å². The molecule has 1 fully saturated rings. The van der Waals surface area contributed by atoms with Crippen molar-refractivity contribution in [2.75, 3.05) is 0 Å². The zero-order valence-electron chi connectivity index (χ0n) is 13.1. The van der Waals surface area contributed by atoms with Crippen LogP contribution in [0, 0.1) is 0 Å². The van der Waals surface area contributed by atoms with Gasteiger partial charge in [-0.2, -0.15) is 0 Å². The Hall–Kier alpha value is -1.72. The number of hydrogen-bond acceptors (Lipinski definition) is 4. The van der Waals surface area contributed by atoms with Crippen LogP contribution in [-0.4, -0.2) is 28.1 Å². The molecule has 2 aromatic rings. The first-order chi connectivity index (χ1) is 11.2. The smallest absolute Gasteiger partial charge is 0.226 e. The van der Waals surface area contributed by atoms with Gasteiger partial charge < -0.3 is 10.4 Å². The van der Waals surface area contributed by atoms with Crippen LogP contribution in [0.5, 0.6) is 0 Å². The van der Waals surface area contributed by atoms with Crippen LogP contribution < -0.4 is 5.32 Å². The van der Waals surface area contributed by atoms with E-state index in [1.165, 1.54) is 5.56 Å². The lowest BCUT2D eigenvalue weighted by atomic mass is 9.92. The number of rotatable bonds is 5. The predicted octanol–water partition coefficient (Wildman–Crippen LogP) is 2.70. The number of aliphatic hydroxyl groups excluding tert-OH is 1. The molecular weight excluding hydrogens is 308 g/mol. The molecule has 0 aliphatic heterocycles. The Kier molecular flexibility index (Phi) is 5.41. The summed E-state index contributed by atoms with van der Waals surface area (Å²) in [5.41, 5.74) is 2.03. The minimum absolute atomic E-state index is 0.0486. The summed E-state index contributed by atoms with van der Waals surface area (Å²) in [6.07, 6.45) is 4.44. The first kappa shape index (κ1) is 16.1. The first-order valence-electron chi connectivity index (χ1n) is 8.15. The van der Waals surface area contributed by atoms with E-state index in [2.05, 4.69) is 22.4 Å². The predicted molar refractivity (Wildman–Crippen MR) is 91.5 cm³/mol. The zero-order chi connectivity index (χ0) is 16.1. The molecule has 23 heavy (non-hydrogen) atoms. The molecule has 0 spiro atoms. The summed E-state index contributed by atoms with van der Waals surface area (Å²) >= 11 is 1.59. The van der Waals surface area contributed by atoms with Crippen molar-refractivity contribution in [2.24, 2.45) is 0 Å². The number of amides is 1. The van der Waals surface area contributed by atoms with Crippen molar-refractivity contribution in [3.8, 4) is 0 Å². The van der Waals surface area contributed by atoms with Crippen molar-refractivity contribution >= 4 is 17.2 Å². The van der Waals surface area contributed by atoms with Gasteiger partial charge in [0.05, 0.1) is 29.3 Å². The summed E-state index contributed by atoms with van der Waals surface area (Å²) < 4.78 is 0. The van der Waals surface area contributed by atoms with Crippen molar-refractivity contribution in [2.45, 2.75) is 50.7 Å². The number of nitrogens with zero attached hydrogens (tertiary/aromatic N) is 1. The van der Waals surface area contributed by atoms with Gasteiger partial charge in [0.1, 0.15) is 0 Å². The summed E-state index contributed by atoms with van der Waals surface area (Å²) in [6, 6.07) is 10.1. The second-order valence-corrected chi connectivity index (χ2v) is 7.04. The largest absolute Gasteiger partial charge is 0.391 e. The van der Waals surface area contributed by atoms with Crippen molar-refractivity contribution in [1.82, 2.24) is 10.3 Å². The lowest BCUT2D eigenvalue weighted by molar-refractivity contribution is -0.122. The molecule has 2 atom stereocenters. The molecule has 0 bridgehead atoms. The van der Waals surface area contributed by atoms with Gasteiger partial charge in [0.15, 0.2) is 0 Å². The summed E-state index contributed by atoms with van der Waals surface area (Å²) in [5, 5.41) is 15.9. The van der Waals surface area contributed by atoms with Gasteiger partial charge in [0, 0.05) is 11.8 Å². The van der Waals surface area contributed by atoms with Gasteiger partial charge in [-0.25, -0.2) is 4.98 Å². The summed E-state index contributed by atoms with van der Waals surface area (Å²) in [4.78, 5) is 16.7. The van der Waals surface area contributed by atoms with E-state index in [4.69, 9.17) is 0 Å². The number of nitrogens with one attached hydrogen (secondary N) is 1. The van der Waals surface area contributed by atoms with Crippen LogP contribution in [-0.2, 0) is 17.6 Å². The van der Waals surface area contributed by atoms with Gasteiger partial charge in [-0.3, -0.25) is 4.79 Å². The Labute approximate surface area is 140 Å². The van der Waals surface area contributed by atoms with E-state index in [9.17, 15) is 9.90 Å². The monoisotopic (exact) mass is 330 g/mol. The van der Waals surface area contributed by atoms with Crippen LogP contribution in [0.4, 0.5) is 0 Å². The normalized spacial score (nSPS) is 21.1. The van der Waals surface area contributed by atoms with Gasteiger partial charge in [0.2, 0.25) is 5.91 Å². The van der Waals surface area contributed by atoms with E-state index in [-0.39, 0.29) is 18.4 Å². The lowest BCUT2D eigenvalue weighted by Crippen LogP contribution is -2.45. The van der Waals surface area contributed by atoms with Gasteiger partial charge in [-0.15, -0.1) is 11.3 Å². The Bertz CT molecular complexity index is 641. The molecule has 1 amide bonds. The van der Waals surface area contributed by atoms with Crippen molar-refractivity contribution in [3.63, 3.8) is 0 Å². The maximum absolute atomic E-state index is 12.1. The van der Waals surface area contributed by atoms with Crippen molar-refractivity contribution in [1.29, 1.82) is 0 Å². The van der Waals surface area contributed by atoms with E-state index in [1.54, 1.807) is 11.3 Å². The second kappa shape index (κ2) is 7.70. The van der Waals surface area contributed by atoms with Gasteiger partial charge in [0.25, 0.3) is 0 Å². The molecule has 3 rings (SSSR count). The molecule has 1 aliphatic rings. The molecule has 1 aromatic carbocycles. The number of aliphatic hydroxyl groups is 1. The number of carbonyl (C=O) groups is 1. The molecule has 122 valence electrons. The minimum atomic E-state index is -0.406. The third-order valence-corrected chi connectivity index (χ3v) is 5.11. The highest BCUT2D eigenvalue weighted by atomic mass is 32.1. The van der Waals surface area contributed by atoms with E-state index in [0.717, 1.165) is 42.8 Å². The molecule has 1 heterocycles. The molecule has 1 saturated carbocycles. The highest BCUT2D eigenvalue weighted by Gasteiger charge is 2.24. The highest BCUT2D eigenvalue weighted by Crippen LogP contribution is 2.19. The van der Waals surface area contributed by atoms with Crippen LogP contribution >= 0.6 is 11.3 Å². The fourth-order valence-corrected chi connectivity index (χ4v) is 3.81. The average Bonchev–Trinajstić information content (AvgIpc) is 2.97. The Morgan fingerprint density at radius 1 is 1.26 bits per heavy atom. The van der Waals surface area contributed by atoms with E-state index in [0.29, 0.717) is 0 Å². The Morgan fingerprint density at radius 3 is 2.83 bits per heavy atom. The third kappa shape index (κ3) is 4.62. The van der Waals surface area contributed by atoms with Crippen LogP contribution in [0.1, 0.15) is 41.9 Å². The summed E-state index contributed by atoms with van der Waals surface area (Å²) in [7, 11) is 0. The van der Waals surface area contributed by atoms with Gasteiger partial charge in [-0.05, 0) is 18.4 Å². The first-order valence-corrected chi connectivity index (χ1v) is 9.03. The van der Waals surface area contributed by atoms with Gasteiger partial charge >= 0.3 is 0 Å². The minimum Gasteiger partial charge on any atom is -0.391 e. The summed E-state index contributed by atoms with van der Waals surface area (Å²) in [6.45, 7) is 0. The molecule has 1 aromatic heterocycles. The third-order valence-electron chi connectivity index (χ3n) is 4.22. The Morgan fingerprint density at radius 2 is 2.04 bits per heavy atom. The molecule has 2 unspecified atom stereocenters. The molecule has 1 aliphatic carbocycles. The lowest BCUT2D eigenvalue weighted by Gasteiger charge is -2.28. The fraction of sp³-hybridized carbons (Fsp3) is 0.444. The number of hydrogen-bond donors (Lipinski definition) is 2. The second-order valence-electron chi connectivity index (χ2n) is 6.10. The number of aromatic nitrogens is 1. The number of carbonyl (C=O) groups excluding carboxylic acids is 1. The van der Waals surface area contributed by atoms with Crippen molar-refractivity contribution in [3.05, 3.63) is 52.0 Å². The maximum Gasteiger partial charge on any atom is 0.226 e. The van der Waals surface area contributed by atoms with Crippen LogP contribution in [0.15, 0.2) is 35.7 Å². The summed E-state index contributed by atoms with van der Waals surface area (Å²) in [5.74, 6) is -0.0486. The highest BCUT2D eigenvalue weighted by molar-refractivity contribution is 7.09. The molecule has 0 saturated heterocycles. The van der Waals surface area contributed by atoms with E-state index >= 15 is 0 Å². The topological polar surface area (TPSA) is 62.2 Å². The van der Waals surface area contributed by atoms with Gasteiger partial charge in [-0.1, -0.05) is 43.2 Å². The maximum atomic E-state index is 12.1. The molecule has 0 radical (unpaired) electrons. The molecule has 4 nitrogen and oxygen atoms in total. The number of benzene rings is 1. The number of thiazole rings is 1. The van der Waals surface area contributed by atoms with E-state index < -0.39 is 6.10 Å². The molecular formula is C18H22N2O2S. The Balaban J connectivity index is 1.53. The van der Waals surface area contributed by atoms with E-state index in [1.807, 2.05) is 23.6 Å². The quantitative estimate of drug-likeness (QED) is 0.886. The standard InChI is InChI=1S/C18H22N2O2S/c21-16-9-5-4-8-15(16)20-17(22)11-14-12-23-18(19-14)10-13-6-2-1-3-7-13/h1-3,6-7,12,15-16,21H,4-5,8-11H2,(H,20,22). The van der Waals surface area contributed by atoms with Crippen molar-refractivity contribution < 1.29 is 9.90 Å². The fourth-order valence-electron chi connectivity index (χ4n) is 2.98. The van der Waals surface area contributed by atoms with Crippen LogP contribution in [0.25, 0.3) is 0 Å². The average molecular weight is 330 g/mol. The van der Waals surface area contributed by atoms with Crippen LogP contribution in [0.2, 0.25) is 0 Å². The molecule has 5 heteroatoms. The zero-order valence-corrected chi connectivity index (χ0v) is 13.9. The molecule has 2 N–H and O–H groups in total.